The van der Waals surface area contributed by atoms with E-state index >= 15 is 0 Å². The number of nitrogens with one attached hydrogen (secondary N) is 1. The highest BCUT2D eigenvalue weighted by Gasteiger charge is 2.34. The van der Waals surface area contributed by atoms with Gasteiger partial charge in [0.05, 0.1) is 5.69 Å². The summed E-state index contributed by atoms with van der Waals surface area (Å²) in [5.74, 6) is 0.923. The zero-order valence-corrected chi connectivity index (χ0v) is 12.8. The Balaban J connectivity index is 1.77. The molecule has 0 amide bonds. The van der Waals surface area contributed by atoms with E-state index in [2.05, 4.69) is 60.3 Å². The van der Waals surface area contributed by atoms with Crippen LogP contribution in [0.5, 0.6) is 0 Å². The van der Waals surface area contributed by atoms with E-state index in [-0.39, 0.29) is 0 Å². The number of hydrogen-bond donors (Lipinski definition) is 1. The van der Waals surface area contributed by atoms with Gasteiger partial charge >= 0.3 is 0 Å². The summed E-state index contributed by atoms with van der Waals surface area (Å²) in [7, 11) is 0. The molecule has 2 nitrogen and oxygen atoms in total. The van der Waals surface area contributed by atoms with Crippen LogP contribution >= 0.6 is 31.9 Å². The van der Waals surface area contributed by atoms with Crippen molar-refractivity contribution in [2.45, 2.75) is 18.9 Å². The summed E-state index contributed by atoms with van der Waals surface area (Å²) in [6.45, 7) is 3.35. The third-order valence-electron chi connectivity index (χ3n) is 3.65. The van der Waals surface area contributed by atoms with Crippen molar-refractivity contribution in [1.29, 1.82) is 0 Å². The van der Waals surface area contributed by atoms with Crippen molar-refractivity contribution >= 4 is 37.5 Å². The van der Waals surface area contributed by atoms with Gasteiger partial charge in [0.2, 0.25) is 0 Å². The number of rotatable bonds is 2. The molecule has 2 aliphatic rings. The molecule has 1 N–H and O–H groups in total. The van der Waals surface area contributed by atoms with Gasteiger partial charge in [0.25, 0.3) is 0 Å². The lowest BCUT2D eigenvalue weighted by molar-refractivity contribution is 0.418. The van der Waals surface area contributed by atoms with Crippen LogP contribution < -0.4 is 10.2 Å². The molecule has 0 aromatic heterocycles. The van der Waals surface area contributed by atoms with Crippen LogP contribution in [0.4, 0.5) is 5.69 Å². The number of anilines is 1. The number of hydrogen-bond acceptors (Lipinski definition) is 2. The van der Waals surface area contributed by atoms with E-state index in [1.807, 2.05) is 0 Å². The van der Waals surface area contributed by atoms with Gasteiger partial charge in [-0.25, -0.2) is 0 Å². The van der Waals surface area contributed by atoms with Gasteiger partial charge in [0.1, 0.15) is 0 Å². The highest BCUT2D eigenvalue weighted by molar-refractivity contribution is 9.11. The minimum Gasteiger partial charge on any atom is -0.368 e. The van der Waals surface area contributed by atoms with E-state index in [1.54, 1.807) is 0 Å². The number of nitrogens with zero attached hydrogens (tertiary/aromatic N) is 1. The quantitative estimate of drug-likeness (QED) is 0.870. The van der Waals surface area contributed by atoms with E-state index in [0.29, 0.717) is 6.04 Å². The van der Waals surface area contributed by atoms with Crippen LogP contribution in [0.15, 0.2) is 27.1 Å². The van der Waals surface area contributed by atoms with Crippen molar-refractivity contribution in [2.75, 3.05) is 24.5 Å². The second-order valence-corrected chi connectivity index (χ2v) is 6.71. The fraction of sp³-hybridized carbons (Fsp3) is 0.538. The van der Waals surface area contributed by atoms with E-state index in [1.165, 1.54) is 23.0 Å². The Hall–Kier alpha value is -0.0600. The highest BCUT2D eigenvalue weighted by atomic mass is 79.9. The molecule has 1 aliphatic carbocycles. The summed E-state index contributed by atoms with van der Waals surface area (Å²) < 4.78 is 2.31. The van der Waals surface area contributed by atoms with E-state index in [9.17, 15) is 0 Å². The molecule has 17 heavy (non-hydrogen) atoms. The first kappa shape index (κ1) is 12.0. The molecule has 3 rings (SSSR count). The third-order valence-corrected chi connectivity index (χ3v) is 4.78. The summed E-state index contributed by atoms with van der Waals surface area (Å²) in [5, 5.41) is 3.65. The lowest BCUT2D eigenvalue weighted by Crippen LogP contribution is -2.51. The van der Waals surface area contributed by atoms with Gasteiger partial charge in [0, 0.05) is 34.6 Å². The van der Waals surface area contributed by atoms with Gasteiger partial charge in [-0.3, -0.25) is 0 Å². The molecule has 1 aromatic rings. The molecule has 1 aliphatic heterocycles. The Morgan fingerprint density at radius 3 is 2.76 bits per heavy atom. The minimum atomic E-state index is 0.694. The lowest BCUT2D eigenvalue weighted by Gasteiger charge is -2.36. The average molecular weight is 360 g/mol. The van der Waals surface area contributed by atoms with Gasteiger partial charge in [-0.15, -0.1) is 0 Å². The van der Waals surface area contributed by atoms with Crippen LogP contribution in [0.25, 0.3) is 0 Å². The Kier molecular flexibility index (Phi) is 3.46. The summed E-state index contributed by atoms with van der Waals surface area (Å²) in [4.78, 5) is 2.50. The summed E-state index contributed by atoms with van der Waals surface area (Å²) >= 11 is 7.17. The van der Waals surface area contributed by atoms with E-state index in [0.717, 1.165) is 30.0 Å². The van der Waals surface area contributed by atoms with Crippen molar-refractivity contribution in [3.63, 3.8) is 0 Å². The molecule has 1 aromatic carbocycles. The van der Waals surface area contributed by atoms with Gasteiger partial charge in [-0.05, 0) is 52.9 Å². The van der Waals surface area contributed by atoms with Crippen molar-refractivity contribution in [2.24, 2.45) is 5.92 Å². The minimum absolute atomic E-state index is 0.694. The number of benzene rings is 1. The predicted octanol–water partition coefficient (Wildman–Crippen LogP) is 3.40. The summed E-state index contributed by atoms with van der Waals surface area (Å²) in [6, 6.07) is 7.14. The molecule has 1 saturated heterocycles. The second-order valence-electron chi connectivity index (χ2n) is 4.94. The van der Waals surface area contributed by atoms with Crippen LogP contribution in [-0.2, 0) is 0 Å². The van der Waals surface area contributed by atoms with Crippen molar-refractivity contribution in [3.05, 3.63) is 27.1 Å². The van der Waals surface area contributed by atoms with Crippen LogP contribution in [-0.4, -0.2) is 25.7 Å². The molecule has 92 valence electrons. The number of halogens is 2. The first-order valence-corrected chi connectivity index (χ1v) is 7.76. The van der Waals surface area contributed by atoms with Crippen LogP contribution in [0.1, 0.15) is 12.8 Å². The predicted molar refractivity (Wildman–Crippen MR) is 78.6 cm³/mol. The molecular formula is C13H16Br2N2. The lowest BCUT2D eigenvalue weighted by atomic mass is 10.1. The van der Waals surface area contributed by atoms with Gasteiger partial charge < -0.3 is 10.2 Å². The van der Waals surface area contributed by atoms with Crippen molar-refractivity contribution in [1.82, 2.24) is 5.32 Å². The van der Waals surface area contributed by atoms with Gasteiger partial charge in [-0.1, -0.05) is 15.9 Å². The Morgan fingerprint density at radius 1 is 1.24 bits per heavy atom. The molecule has 0 radical (unpaired) electrons. The second kappa shape index (κ2) is 4.90. The van der Waals surface area contributed by atoms with Gasteiger partial charge in [-0.2, -0.15) is 0 Å². The Bertz CT molecular complexity index is 418. The molecule has 0 bridgehead atoms. The molecule has 1 atom stereocenters. The highest BCUT2D eigenvalue weighted by Crippen LogP contribution is 2.36. The molecule has 1 unspecified atom stereocenters. The zero-order valence-electron chi connectivity index (χ0n) is 9.63. The first-order valence-electron chi connectivity index (χ1n) is 6.17. The Morgan fingerprint density at radius 2 is 2.06 bits per heavy atom. The number of piperazine rings is 1. The summed E-state index contributed by atoms with van der Waals surface area (Å²) in [5.41, 5.74) is 1.32. The monoisotopic (exact) mass is 358 g/mol. The first-order chi connectivity index (χ1) is 8.24. The van der Waals surface area contributed by atoms with Crippen LogP contribution in [0.2, 0.25) is 0 Å². The SMILES string of the molecule is Brc1ccc(N2CCNC(C3CC3)C2)c(Br)c1. The van der Waals surface area contributed by atoms with E-state index < -0.39 is 0 Å². The third kappa shape index (κ3) is 2.69. The largest absolute Gasteiger partial charge is 0.368 e. The van der Waals surface area contributed by atoms with Crippen LogP contribution in [0.3, 0.4) is 0 Å². The topological polar surface area (TPSA) is 15.3 Å². The molecule has 4 heteroatoms. The standard InChI is InChI=1S/C13H16Br2N2/c14-10-3-4-13(11(15)7-10)17-6-5-16-12(8-17)9-1-2-9/h3-4,7,9,12,16H,1-2,5-6,8H2. The molecular weight excluding hydrogens is 344 g/mol. The summed E-state index contributed by atoms with van der Waals surface area (Å²) in [6.07, 6.45) is 2.82. The average Bonchev–Trinajstić information content (AvgIpc) is 3.13. The normalized spacial score (nSPS) is 25.1. The van der Waals surface area contributed by atoms with Gasteiger partial charge in [0.15, 0.2) is 0 Å². The van der Waals surface area contributed by atoms with E-state index in [4.69, 9.17) is 0 Å². The smallest absolute Gasteiger partial charge is 0.0512 e. The maximum absolute atomic E-state index is 3.66. The molecule has 2 fully saturated rings. The van der Waals surface area contributed by atoms with Crippen LogP contribution in [0, 0.1) is 5.92 Å². The molecule has 0 spiro atoms. The zero-order chi connectivity index (χ0) is 11.8. The van der Waals surface area contributed by atoms with Crippen molar-refractivity contribution in [3.8, 4) is 0 Å². The van der Waals surface area contributed by atoms with Crippen molar-refractivity contribution < 1.29 is 0 Å². The maximum atomic E-state index is 3.66. The molecule has 1 heterocycles. The fourth-order valence-corrected chi connectivity index (χ4v) is 3.85. The fourth-order valence-electron chi connectivity index (χ4n) is 2.55. The molecule has 1 saturated carbocycles. The Labute approximate surface area is 119 Å². The maximum Gasteiger partial charge on any atom is 0.0512 e.